The van der Waals surface area contributed by atoms with Crippen LogP contribution < -0.4 is 29.6 Å². The van der Waals surface area contributed by atoms with Gasteiger partial charge in [0.15, 0.2) is 6.10 Å². The van der Waals surface area contributed by atoms with Crippen LogP contribution in [-0.2, 0) is 4.79 Å². The molecule has 0 bridgehead atoms. The Morgan fingerprint density at radius 2 is 2.20 bits per heavy atom. The summed E-state index contributed by atoms with van der Waals surface area (Å²) in [6.45, 7) is 0. The van der Waals surface area contributed by atoms with Crippen molar-refractivity contribution in [2.45, 2.75) is 12.5 Å². The predicted octanol–water partition coefficient (Wildman–Crippen LogP) is -2.81. The first-order chi connectivity index (χ1) is 4.18. The second-order valence-electron chi connectivity index (χ2n) is 1.64. The van der Waals surface area contributed by atoms with Gasteiger partial charge in [-0.1, -0.05) is 0 Å². The number of aliphatic hydroxyl groups is 1. The molecule has 0 spiro atoms. The third-order valence-electron chi connectivity index (χ3n) is 0.880. The fourth-order valence-corrected chi connectivity index (χ4v) is 0.812. The monoisotopic (exact) mass is 173 g/mol. The Hall–Kier alpha value is 0.780. The molecule has 3 nitrogen and oxygen atoms in total. The van der Waals surface area contributed by atoms with E-state index in [-0.39, 0.29) is 29.6 Å². The predicted molar refractivity (Wildman–Crippen MR) is 36.6 cm³/mol. The summed E-state index contributed by atoms with van der Waals surface area (Å²) in [5.41, 5.74) is 0. The first-order valence-corrected chi connectivity index (χ1v) is 3.97. The maximum absolute atomic E-state index is 9.95. The molecule has 0 amide bonds. The Balaban J connectivity index is 0. The standard InChI is InChI=1S/C5H10O3S.Na/c1-9-3-2-4(6)5(7)8;/h4,6H,2-3H2,1H3,(H,7,8);/q;+1. The van der Waals surface area contributed by atoms with Crippen LogP contribution in [0.5, 0.6) is 0 Å². The van der Waals surface area contributed by atoms with E-state index >= 15 is 0 Å². The minimum atomic E-state index is -1.18. The minimum absolute atomic E-state index is 0. The van der Waals surface area contributed by atoms with Crippen LogP contribution in [0.3, 0.4) is 0 Å². The number of thioether (sulfide) groups is 1. The third kappa shape index (κ3) is 6.89. The minimum Gasteiger partial charge on any atom is -0.479 e. The van der Waals surface area contributed by atoms with Crippen LogP contribution >= 0.6 is 11.8 Å². The number of hydrogen-bond donors (Lipinski definition) is 2. The van der Waals surface area contributed by atoms with Gasteiger partial charge < -0.3 is 10.2 Å². The molecule has 5 heteroatoms. The SMILES string of the molecule is CSCCC(O)C(=O)O.[Na+]. The van der Waals surface area contributed by atoms with Crippen LogP contribution in [0.25, 0.3) is 0 Å². The largest absolute Gasteiger partial charge is 1.00 e. The van der Waals surface area contributed by atoms with E-state index in [4.69, 9.17) is 10.2 Å². The molecule has 0 saturated heterocycles. The zero-order chi connectivity index (χ0) is 7.28. The number of aliphatic carboxylic acids is 1. The van der Waals surface area contributed by atoms with E-state index < -0.39 is 12.1 Å². The van der Waals surface area contributed by atoms with Crippen molar-refractivity contribution in [3.05, 3.63) is 0 Å². The topological polar surface area (TPSA) is 57.5 Å². The average Bonchev–Trinajstić information content (AvgIpc) is 1.82. The van der Waals surface area contributed by atoms with Gasteiger partial charge in [0.05, 0.1) is 0 Å². The molecule has 1 unspecified atom stereocenters. The Labute approximate surface area is 86.5 Å². The number of hydrogen-bond acceptors (Lipinski definition) is 3. The van der Waals surface area contributed by atoms with Gasteiger partial charge in [0, 0.05) is 0 Å². The second-order valence-corrected chi connectivity index (χ2v) is 2.62. The van der Waals surface area contributed by atoms with Gasteiger partial charge in [0.1, 0.15) is 0 Å². The van der Waals surface area contributed by atoms with Crippen molar-refractivity contribution in [3.63, 3.8) is 0 Å². The molecule has 0 saturated carbocycles. The molecule has 0 aromatic carbocycles. The van der Waals surface area contributed by atoms with Crippen LogP contribution in [-0.4, -0.2) is 34.3 Å². The Morgan fingerprint density at radius 1 is 1.70 bits per heavy atom. The van der Waals surface area contributed by atoms with Crippen LogP contribution in [0.2, 0.25) is 0 Å². The van der Waals surface area contributed by atoms with Gasteiger partial charge in [-0.3, -0.25) is 0 Å². The van der Waals surface area contributed by atoms with Crippen LogP contribution in [0, 0.1) is 0 Å². The summed E-state index contributed by atoms with van der Waals surface area (Å²) in [6.07, 6.45) is 1.02. The van der Waals surface area contributed by atoms with E-state index in [1.54, 1.807) is 0 Å². The zero-order valence-corrected chi connectivity index (χ0v) is 9.02. The smallest absolute Gasteiger partial charge is 0.479 e. The van der Waals surface area contributed by atoms with E-state index in [1.807, 2.05) is 6.26 Å². The van der Waals surface area contributed by atoms with E-state index in [1.165, 1.54) is 11.8 Å². The molecule has 0 rings (SSSR count). The van der Waals surface area contributed by atoms with Crippen LogP contribution in [0.1, 0.15) is 6.42 Å². The summed E-state index contributed by atoms with van der Waals surface area (Å²) in [4.78, 5) is 9.95. The number of aliphatic hydroxyl groups excluding tert-OH is 1. The molecule has 54 valence electrons. The Kier molecular flexibility index (Phi) is 10.5. The number of carbonyl (C=O) groups is 1. The number of rotatable bonds is 4. The molecule has 0 fully saturated rings. The molecule has 0 aliphatic heterocycles. The van der Waals surface area contributed by atoms with Crippen molar-refractivity contribution < 1.29 is 44.6 Å². The van der Waals surface area contributed by atoms with E-state index in [0.717, 1.165) is 0 Å². The second kappa shape index (κ2) is 7.88. The van der Waals surface area contributed by atoms with Gasteiger partial charge in [0.25, 0.3) is 0 Å². The first-order valence-electron chi connectivity index (χ1n) is 2.58. The molecule has 0 heterocycles. The summed E-state index contributed by atoms with van der Waals surface area (Å²) >= 11 is 1.52. The number of carboxylic acid groups (broad SMARTS) is 1. The Morgan fingerprint density at radius 3 is 2.50 bits per heavy atom. The van der Waals surface area contributed by atoms with Gasteiger partial charge in [0.2, 0.25) is 0 Å². The summed E-state index contributed by atoms with van der Waals surface area (Å²) in [5.74, 6) is -0.447. The molecular formula is C5H10NaO3S+. The number of carboxylic acids is 1. The first kappa shape index (κ1) is 13.4. The van der Waals surface area contributed by atoms with Gasteiger partial charge >= 0.3 is 35.5 Å². The zero-order valence-electron chi connectivity index (χ0n) is 6.20. The average molecular weight is 173 g/mol. The van der Waals surface area contributed by atoms with Gasteiger partial charge in [-0.25, -0.2) is 4.79 Å². The molecular weight excluding hydrogens is 163 g/mol. The molecule has 0 aromatic heterocycles. The summed E-state index contributed by atoms with van der Waals surface area (Å²) in [5, 5.41) is 16.8. The maximum atomic E-state index is 9.95. The Bertz CT molecular complexity index is 98.9. The van der Waals surface area contributed by atoms with E-state index in [2.05, 4.69) is 0 Å². The molecule has 0 aliphatic carbocycles. The third-order valence-corrected chi connectivity index (χ3v) is 1.52. The van der Waals surface area contributed by atoms with E-state index in [0.29, 0.717) is 12.2 Å². The molecule has 2 N–H and O–H groups in total. The van der Waals surface area contributed by atoms with Crippen molar-refractivity contribution in [1.29, 1.82) is 0 Å². The molecule has 1 atom stereocenters. The van der Waals surface area contributed by atoms with Gasteiger partial charge in [-0.05, 0) is 18.4 Å². The van der Waals surface area contributed by atoms with Crippen molar-refractivity contribution in [2.24, 2.45) is 0 Å². The molecule has 0 aliphatic rings. The molecule has 0 radical (unpaired) electrons. The van der Waals surface area contributed by atoms with Crippen molar-refractivity contribution in [3.8, 4) is 0 Å². The van der Waals surface area contributed by atoms with Gasteiger partial charge in [-0.2, -0.15) is 11.8 Å². The fraction of sp³-hybridized carbons (Fsp3) is 0.800. The normalized spacial score (nSPS) is 11.8. The van der Waals surface area contributed by atoms with Crippen LogP contribution in [0.15, 0.2) is 0 Å². The van der Waals surface area contributed by atoms with Crippen molar-refractivity contribution in [2.75, 3.05) is 12.0 Å². The van der Waals surface area contributed by atoms with E-state index in [9.17, 15) is 4.79 Å². The van der Waals surface area contributed by atoms with Crippen molar-refractivity contribution >= 4 is 17.7 Å². The molecule has 0 aromatic rings. The quantitative estimate of drug-likeness (QED) is 0.451. The summed E-state index contributed by atoms with van der Waals surface area (Å²) < 4.78 is 0. The van der Waals surface area contributed by atoms with Gasteiger partial charge in [-0.15, -0.1) is 0 Å². The molecule has 10 heavy (non-hydrogen) atoms. The fourth-order valence-electron chi connectivity index (χ4n) is 0.353. The summed E-state index contributed by atoms with van der Waals surface area (Å²) in [7, 11) is 0. The van der Waals surface area contributed by atoms with Crippen LogP contribution in [0.4, 0.5) is 0 Å². The maximum Gasteiger partial charge on any atom is 1.00 e. The van der Waals surface area contributed by atoms with Crippen molar-refractivity contribution in [1.82, 2.24) is 0 Å². The summed E-state index contributed by atoms with van der Waals surface area (Å²) in [6, 6.07) is 0.